The highest BCUT2D eigenvalue weighted by Crippen LogP contribution is 2.18. The molecule has 4 nitrogen and oxygen atoms in total. The summed E-state index contributed by atoms with van der Waals surface area (Å²) in [6, 6.07) is 6.78. The third kappa shape index (κ3) is 4.14. The molecule has 0 spiro atoms. The van der Waals surface area contributed by atoms with Gasteiger partial charge in [0.05, 0.1) is 10.6 Å². The molecule has 0 radical (unpaired) electrons. The SMILES string of the molecule is CC(C)c1ccc(S(=O)(=O)CCCC(=O)O)cc1. The van der Waals surface area contributed by atoms with Gasteiger partial charge in [-0.25, -0.2) is 8.42 Å². The molecular formula is C13H18O4S. The fourth-order valence-electron chi connectivity index (χ4n) is 1.59. The predicted octanol–water partition coefficient (Wildman–Crippen LogP) is 2.45. The lowest BCUT2D eigenvalue weighted by atomic mass is 10.0. The van der Waals surface area contributed by atoms with Crippen LogP contribution in [0, 0.1) is 0 Å². The first-order valence-electron chi connectivity index (χ1n) is 5.87. The van der Waals surface area contributed by atoms with E-state index >= 15 is 0 Å². The number of carbonyl (C=O) groups is 1. The van der Waals surface area contributed by atoms with Crippen LogP contribution in [0.2, 0.25) is 0 Å². The van der Waals surface area contributed by atoms with Crippen molar-refractivity contribution in [3.8, 4) is 0 Å². The minimum absolute atomic E-state index is 0.122. The molecule has 0 bridgehead atoms. The maximum Gasteiger partial charge on any atom is 0.303 e. The maximum absolute atomic E-state index is 11.9. The van der Waals surface area contributed by atoms with Crippen molar-refractivity contribution in [3.05, 3.63) is 29.8 Å². The molecular weight excluding hydrogens is 252 g/mol. The summed E-state index contributed by atoms with van der Waals surface area (Å²) in [5, 5.41) is 8.48. The summed E-state index contributed by atoms with van der Waals surface area (Å²) in [4.78, 5) is 10.6. The second kappa shape index (κ2) is 6.00. The number of aliphatic carboxylic acids is 1. The van der Waals surface area contributed by atoms with Crippen LogP contribution in [0.5, 0.6) is 0 Å². The van der Waals surface area contributed by atoms with Gasteiger partial charge in [0.15, 0.2) is 9.84 Å². The number of carboxylic acids is 1. The van der Waals surface area contributed by atoms with Gasteiger partial charge in [0.1, 0.15) is 0 Å². The summed E-state index contributed by atoms with van der Waals surface area (Å²) in [7, 11) is -3.36. The zero-order valence-corrected chi connectivity index (χ0v) is 11.4. The predicted molar refractivity (Wildman–Crippen MR) is 69.5 cm³/mol. The normalized spacial score (nSPS) is 11.7. The zero-order chi connectivity index (χ0) is 13.8. The number of benzene rings is 1. The van der Waals surface area contributed by atoms with E-state index in [1.54, 1.807) is 24.3 Å². The van der Waals surface area contributed by atoms with Crippen molar-refractivity contribution >= 4 is 15.8 Å². The Morgan fingerprint density at radius 1 is 1.22 bits per heavy atom. The van der Waals surface area contributed by atoms with Gasteiger partial charge in [-0.2, -0.15) is 0 Å². The molecule has 0 aliphatic rings. The van der Waals surface area contributed by atoms with Gasteiger partial charge in [-0.15, -0.1) is 0 Å². The first-order chi connectivity index (χ1) is 8.33. The lowest BCUT2D eigenvalue weighted by molar-refractivity contribution is -0.137. The minimum Gasteiger partial charge on any atom is -0.481 e. The van der Waals surface area contributed by atoms with Gasteiger partial charge in [0.25, 0.3) is 0 Å². The Morgan fingerprint density at radius 2 is 1.78 bits per heavy atom. The van der Waals surface area contributed by atoms with Crippen LogP contribution >= 0.6 is 0 Å². The van der Waals surface area contributed by atoms with Crippen LogP contribution in [0.1, 0.15) is 38.2 Å². The highest BCUT2D eigenvalue weighted by atomic mass is 32.2. The Bertz CT molecular complexity index is 500. The molecule has 0 atom stereocenters. The van der Waals surface area contributed by atoms with E-state index in [1.807, 2.05) is 13.8 Å². The fourth-order valence-corrected chi connectivity index (χ4v) is 2.90. The summed E-state index contributed by atoms with van der Waals surface area (Å²) in [6.45, 7) is 4.08. The molecule has 18 heavy (non-hydrogen) atoms. The van der Waals surface area contributed by atoms with E-state index in [4.69, 9.17) is 5.11 Å². The molecule has 0 saturated carbocycles. The quantitative estimate of drug-likeness (QED) is 0.861. The molecule has 0 heterocycles. The zero-order valence-electron chi connectivity index (χ0n) is 10.6. The summed E-state index contributed by atoms with van der Waals surface area (Å²) in [5.41, 5.74) is 1.08. The molecule has 0 saturated heterocycles. The molecule has 1 aromatic rings. The van der Waals surface area contributed by atoms with E-state index in [0.29, 0.717) is 5.92 Å². The van der Waals surface area contributed by atoms with E-state index in [9.17, 15) is 13.2 Å². The van der Waals surface area contributed by atoms with Crippen molar-refractivity contribution < 1.29 is 18.3 Å². The van der Waals surface area contributed by atoms with Crippen LogP contribution in [0.25, 0.3) is 0 Å². The van der Waals surface area contributed by atoms with Gasteiger partial charge in [0.2, 0.25) is 0 Å². The van der Waals surface area contributed by atoms with Gasteiger partial charge < -0.3 is 5.11 Å². The van der Waals surface area contributed by atoms with Crippen LogP contribution < -0.4 is 0 Å². The summed E-state index contributed by atoms with van der Waals surface area (Å²) in [5.74, 6) is -0.741. The smallest absolute Gasteiger partial charge is 0.303 e. The van der Waals surface area contributed by atoms with Gasteiger partial charge >= 0.3 is 5.97 Å². The maximum atomic E-state index is 11.9. The monoisotopic (exact) mass is 270 g/mol. The van der Waals surface area contributed by atoms with Crippen LogP contribution in [-0.2, 0) is 14.6 Å². The van der Waals surface area contributed by atoms with Crippen LogP contribution in [0.4, 0.5) is 0 Å². The minimum atomic E-state index is -3.36. The number of sulfone groups is 1. The molecule has 0 amide bonds. The van der Waals surface area contributed by atoms with Crippen molar-refractivity contribution in [3.63, 3.8) is 0 Å². The second-order valence-electron chi connectivity index (χ2n) is 4.54. The molecule has 0 aromatic heterocycles. The summed E-state index contributed by atoms with van der Waals surface area (Å²) in [6.07, 6.45) is 0.0207. The topological polar surface area (TPSA) is 71.4 Å². The molecule has 0 unspecified atom stereocenters. The van der Waals surface area contributed by atoms with Gasteiger partial charge in [-0.05, 0) is 30.0 Å². The molecule has 1 N–H and O–H groups in total. The molecule has 0 fully saturated rings. The van der Waals surface area contributed by atoms with Crippen LogP contribution in [-0.4, -0.2) is 25.2 Å². The highest BCUT2D eigenvalue weighted by Gasteiger charge is 2.15. The average Bonchev–Trinajstić information content (AvgIpc) is 2.28. The van der Waals surface area contributed by atoms with Crippen molar-refractivity contribution in [1.82, 2.24) is 0 Å². The number of hydrogen-bond donors (Lipinski definition) is 1. The van der Waals surface area contributed by atoms with Crippen molar-refractivity contribution in [2.45, 2.75) is 37.5 Å². The van der Waals surface area contributed by atoms with E-state index < -0.39 is 15.8 Å². The van der Waals surface area contributed by atoms with Crippen molar-refractivity contribution in [2.75, 3.05) is 5.75 Å². The van der Waals surface area contributed by atoms with E-state index in [-0.39, 0.29) is 23.5 Å². The molecule has 0 aliphatic heterocycles. The Hall–Kier alpha value is -1.36. The van der Waals surface area contributed by atoms with Crippen molar-refractivity contribution in [2.24, 2.45) is 0 Å². The Balaban J connectivity index is 2.76. The summed E-state index contributed by atoms with van der Waals surface area (Å²) < 4.78 is 23.8. The molecule has 0 aliphatic carbocycles. The Kier molecular flexibility index (Phi) is 4.90. The first-order valence-corrected chi connectivity index (χ1v) is 7.52. The molecule has 1 rings (SSSR count). The van der Waals surface area contributed by atoms with E-state index in [0.717, 1.165) is 5.56 Å². The molecule has 100 valence electrons. The number of rotatable bonds is 6. The lowest BCUT2D eigenvalue weighted by Gasteiger charge is -2.07. The second-order valence-corrected chi connectivity index (χ2v) is 6.65. The van der Waals surface area contributed by atoms with Crippen molar-refractivity contribution in [1.29, 1.82) is 0 Å². The van der Waals surface area contributed by atoms with E-state index in [2.05, 4.69) is 0 Å². The standard InChI is InChI=1S/C13H18O4S/c1-10(2)11-5-7-12(8-6-11)18(16,17)9-3-4-13(14)15/h5-8,10H,3-4,9H2,1-2H3,(H,14,15). The largest absolute Gasteiger partial charge is 0.481 e. The van der Waals surface area contributed by atoms with Crippen LogP contribution in [0.3, 0.4) is 0 Å². The first kappa shape index (κ1) is 14.7. The lowest BCUT2D eigenvalue weighted by Crippen LogP contribution is -2.08. The van der Waals surface area contributed by atoms with Gasteiger partial charge in [0, 0.05) is 6.42 Å². The summed E-state index contributed by atoms with van der Waals surface area (Å²) >= 11 is 0. The molecule has 5 heteroatoms. The van der Waals surface area contributed by atoms with E-state index in [1.165, 1.54) is 0 Å². The van der Waals surface area contributed by atoms with Crippen LogP contribution in [0.15, 0.2) is 29.2 Å². The highest BCUT2D eigenvalue weighted by molar-refractivity contribution is 7.91. The van der Waals surface area contributed by atoms with Gasteiger partial charge in [-0.3, -0.25) is 4.79 Å². The third-order valence-corrected chi connectivity index (χ3v) is 4.53. The third-order valence-electron chi connectivity index (χ3n) is 2.71. The molecule has 1 aromatic carbocycles. The average molecular weight is 270 g/mol. The Labute approximate surface area is 108 Å². The number of carboxylic acid groups (broad SMARTS) is 1. The number of hydrogen-bond acceptors (Lipinski definition) is 3. The Morgan fingerprint density at radius 3 is 2.22 bits per heavy atom. The van der Waals surface area contributed by atoms with Gasteiger partial charge in [-0.1, -0.05) is 26.0 Å². The fraction of sp³-hybridized carbons (Fsp3) is 0.462.